The number of carbonyl (C=O) groups excluding carboxylic acids is 2. The van der Waals surface area contributed by atoms with Crippen molar-refractivity contribution in [3.63, 3.8) is 0 Å². The molecule has 22 heavy (non-hydrogen) atoms. The molecule has 1 heterocycles. The fraction of sp³-hybridized carbons (Fsp3) is 0.889. The van der Waals surface area contributed by atoms with Gasteiger partial charge in [0.25, 0.3) is 0 Å². The third kappa shape index (κ3) is 3.64. The Morgan fingerprint density at radius 3 is 2.00 bits per heavy atom. The summed E-state index contributed by atoms with van der Waals surface area (Å²) in [5, 5.41) is 0. The number of esters is 2. The van der Waals surface area contributed by atoms with Crippen molar-refractivity contribution in [3.8, 4) is 0 Å². The van der Waals surface area contributed by atoms with Gasteiger partial charge in [-0.1, -0.05) is 41.5 Å². The van der Waals surface area contributed by atoms with Crippen LogP contribution in [0.15, 0.2) is 0 Å². The number of ether oxygens (including phenoxy) is 2. The Kier molecular flexibility index (Phi) is 4.78. The topological polar surface area (TPSA) is 52.6 Å². The number of hydrogen-bond donors (Lipinski definition) is 0. The quantitative estimate of drug-likeness (QED) is 0.740. The Morgan fingerprint density at radius 1 is 1.18 bits per heavy atom. The summed E-state index contributed by atoms with van der Waals surface area (Å²) in [5.74, 6) is -0.551. The van der Waals surface area contributed by atoms with E-state index < -0.39 is 16.9 Å². The first-order chi connectivity index (χ1) is 9.61. The van der Waals surface area contributed by atoms with E-state index in [2.05, 4.69) is 41.5 Å². The molecule has 0 spiro atoms. The van der Waals surface area contributed by atoms with Gasteiger partial charge in [-0.15, -0.1) is 0 Å². The van der Waals surface area contributed by atoms with Gasteiger partial charge in [0.1, 0.15) is 12.0 Å². The van der Waals surface area contributed by atoms with E-state index in [0.29, 0.717) is 6.42 Å². The fourth-order valence-corrected chi connectivity index (χ4v) is 2.82. The molecule has 4 heteroatoms. The zero-order chi connectivity index (χ0) is 17.6. The third-order valence-corrected chi connectivity index (χ3v) is 4.94. The van der Waals surface area contributed by atoms with E-state index >= 15 is 0 Å². The number of cyclic esters (lactones) is 1. The molecular formula is C18H32O4. The minimum absolute atomic E-state index is 0.00143. The summed E-state index contributed by atoms with van der Waals surface area (Å²) in [6, 6.07) is 0. The van der Waals surface area contributed by atoms with Crippen LogP contribution in [0, 0.1) is 21.7 Å². The third-order valence-electron chi connectivity index (χ3n) is 4.94. The van der Waals surface area contributed by atoms with E-state index in [9.17, 15) is 9.59 Å². The summed E-state index contributed by atoms with van der Waals surface area (Å²) in [4.78, 5) is 24.7. The highest BCUT2D eigenvalue weighted by Gasteiger charge is 2.52. The lowest BCUT2D eigenvalue weighted by Gasteiger charge is -2.44. The van der Waals surface area contributed by atoms with Crippen LogP contribution in [0.1, 0.15) is 68.7 Å². The lowest BCUT2D eigenvalue weighted by atomic mass is 9.61. The number of rotatable bonds is 3. The average molecular weight is 312 g/mol. The minimum atomic E-state index is -0.782. The van der Waals surface area contributed by atoms with Crippen LogP contribution in [0.25, 0.3) is 0 Å². The zero-order valence-corrected chi connectivity index (χ0v) is 15.6. The van der Waals surface area contributed by atoms with Crippen molar-refractivity contribution in [2.75, 3.05) is 6.61 Å². The molecule has 1 fully saturated rings. The zero-order valence-electron chi connectivity index (χ0n) is 15.6. The molecule has 0 bridgehead atoms. The fourth-order valence-electron chi connectivity index (χ4n) is 2.82. The van der Waals surface area contributed by atoms with Gasteiger partial charge in [-0.25, -0.2) is 0 Å². The summed E-state index contributed by atoms with van der Waals surface area (Å²) in [5.41, 5.74) is -1.66. The van der Waals surface area contributed by atoms with Gasteiger partial charge in [-0.3, -0.25) is 9.59 Å². The van der Waals surface area contributed by atoms with E-state index in [1.54, 1.807) is 13.8 Å². The second-order valence-electron chi connectivity index (χ2n) is 9.53. The summed E-state index contributed by atoms with van der Waals surface area (Å²) in [6.45, 7) is 18.2. The van der Waals surface area contributed by atoms with Crippen LogP contribution < -0.4 is 0 Å². The maximum Gasteiger partial charge on any atom is 0.315 e. The predicted molar refractivity (Wildman–Crippen MR) is 86.3 cm³/mol. The van der Waals surface area contributed by atoms with E-state index in [-0.39, 0.29) is 29.4 Å². The van der Waals surface area contributed by atoms with Gasteiger partial charge >= 0.3 is 11.9 Å². The Morgan fingerprint density at radius 2 is 1.68 bits per heavy atom. The number of carbonyl (C=O) groups is 2. The van der Waals surface area contributed by atoms with Crippen LogP contribution in [0.2, 0.25) is 0 Å². The molecule has 0 saturated carbocycles. The van der Waals surface area contributed by atoms with Crippen LogP contribution in [-0.4, -0.2) is 24.6 Å². The standard InChI is InChI=1S/C18H32O4/c1-15(2,3)11-18(9,16(4,5)6)14(20)22-12-10-21-13(19)17(12,7)8/h12H,10-11H2,1-9H3. The Bertz CT molecular complexity index is 451. The molecule has 0 amide bonds. The molecule has 0 aromatic carbocycles. The van der Waals surface area contributed by atoms with E-state index in [1.807, 2.05) is 6.92 Å². The van der Waals surface area contributed by atoms with Crippen molar-refractivity contribution < 1.29 is 19.1 Å². The molecule has 1 aliphatic rings. The second kappa shape index (κ2) is 5.54. The molecule has 1 aliphatic heterocycles. The van der Waals surface area contributed by atoms with Crippen LogP contribution in [-0.2, 0) is 19.1 Å². The van der Waals surface area contributed by atoms with Crippen LogP contribution >= 0.6 is 0 Å². The summed E-state index contributed by atoms with van der Waals surface area (Å²) in [6.07, 6.45) is 0.193. The predicted octanol–water partition coefficient (Wildman–Crippen LogP) is 3.97. The lowest BCUT2D eigenvalue weighted by Crippen LogP contribution is -2.47. The van der Waals surface area contributed by atoms with Gasteiger partial charge in [-0.05, 0) is 38.0 Å². The molecule has 2 atom stereocenters. The normalized spacial score (nSPS) is 24.6. The lowest BCUT2D eigenvalue weighted by molar-refractivity contribution is -0.174. The van der Waals surface area contributed by atoms with Crippen LogP contribution in [0.3, 0.4) is 0 Å². The van der Waals surface area contributed by atoms with Gasteiger partial charge in [0.05, 0.1) is 5.41 Å². The average Bonchev–Trinajstić information content (AvgIpc) is 2.52. The van der Waals surface area contributed by atoms with Crippen LogP contribution in [0.5, 0.6) is 0 Å². The van der Waals surface area contributed by atoms with Gasteiger partial charge in [0.15, 0.2) is 6.10 Å². The highest BCUT2D eigenvalue weighted by atomic mass is 16.6. The Balaban J connectivity index is 3.02. The van der Waals surface area contributed by atoms with Gasteiger partial charge in [0, 0.05) is 0 Å². The molecule has 0 aliphatic carbocycles. The molecule has 1 rings (SSSR count). The molecule has 1 saturated heterocycles. The Labute approximate surface area is 134 Å². The smallest absolute Gasteiger partial charge is 0.315 e. The van der Waals surface area contributed by atoms with Gasteiger partial charge in [-0.2, -0.15) is 0 Å². The van der Waals surface area contributed by atoms with Crippen molar-refractivity contribution in [2.45, 2.75) is 74.8 Å². The van der Waals surface area contributed by atoms with Crippen molar-refractivity contribution >= 4 is 11.9 Å². The summed E-state index contributed by atoms with van der Waals surface area (Å²) in [7, 11) is 0. The first-order valence-corrected chi connectivity index (χ1v) is 7.99. The summed E-state index contributed by atoms with van der Waals surface area (Å²) < 4.78 is 10.8. The largest absolute Gasteiger partial charge is 0.461 e. The van der Waals surface area contributed by atoms with Crippen LogP contribution in [0.4, 0.5) is 0 Å². The van der Waals surface area contributed by atoms with Crippen molar-refractivity contribution in [2.24, 2.45) is 21.7 Å². The molecule has 0 N–H and O–H groups in total. The van der Waals surface area contributed by atoms with E-state index in [4.69, 9.17) is 9.47 Å². The molecule has 4 nitrogen and oxygen atoms in total. The maximum atomic E-state index is 13.0. The molecule has 2 unspecified atom stereocenters. The second-order valence-corrected chi connectivity index (χ2v) is 9.53. The van der Waals surface area contributed by atoms with Gasteiger partial charge in [0.2, 0.25) is 0 Å². The van der Waals surface area contributed by atoms with E-state index in [1.165, 1.54) is 0 Å². The molecule has 0 radical (unpaired) electrons. The van der Waals surface area contributed by atoms with Crippen molar-refractivity contribution in [3.05, 3.63) is 0 Å². The minimum Gasteiger partial charge on any atom is -0.461 e. The van der Waals surface area contributed by atoms with Crippen molar-refractivity contribution in [1.82, 2.24) is 0 Å². The molecule has 0 aromatic rings. The maximum absolute atomic E-state index is 13.0. The van der Waals surface area contributed by atoms with Gasteiger partial charge < -0.3 is 9.47 Å². The highest BCUT2D eigenvalue weighted by Crippen LogP contribution is 2.48. The molecule has 128 valence electrons. The highest BCUT2D eigenvalue weighted by molar-refractivity contribution is 5.81. The monoisotopic (exact) mass is 312 g/mol. The van der Waals surface area contributed by atoms with E-state index in [0.717, 1.165) is 0 Å². The molecule has 0 aromatic heterocycles. The van der Waals surface area contributed by atoms with Crippen molar-refractivity contribution in [1.29, 1.82) is 0 Å². The molecular weight excluding hydrogens is 280 g/mol. The first-order valence-electron chi connectivity index (χ1n) is 7.99. The first kappa shape index (κ1) is 19.0. The SMILES string of the molecule is CC(C)(C)CC(C)(C(=O)OC1COC(=O)C1(C)C)C(C)(C)C. The Hall–Kier alpha value is -1.06. The summed E-state index contributed by atoms with van der Waals surface area (Å²) >= 11 is 0. The number of hydrogen-bond acceptors (Lipinski definition) is 4.